The highest BCUT2D eigenvalue weighted by Gasteiger charge is 2.51. The molecule has 162 valence electrons. The molecule has 2 bridgehead atoms. The maximum Gasteiger partial charge on any atom is 0.0126 e. The average molecular weight is 427 g/mol. The lowest BCUT2D eigenvalue weighted by Gasteiger charge is -2.40. The summed E-state index contributed by atoms with van der Waals surface area (Å²) in [6, 6.07) is 44.9. The van der Waals surface area contributed by atoms with Crippen molar-refractivity contribution in [2.75, 3.05) is 0 Å². The van der Waals surface area contributed by atoms with Crippen LogP contribution in [0.3, 0.4) is 0 Å². The summed E-state index contributed by atoms with van der Waals surface area (Å²) in [4.78, 5) is 0. The molecule has 1 fully saturated rings. The van der Waals surface area contributed by atoms with E-state index in [1.165, 1.54) is 28.7 Å². The van der Waals surface area contributed by atoms with Crippen LogP contribution in [0.1, 0.15) is 40.5 Å². The van der Waals surface area contributed by atoms with Crippen molar-refractivity contribution in [3.05, 3.63) is 156 Å². The van der Waals surface area contributed by atoms with Gasteiger partial charge in [0.2, 0.25) is 0 Å². The van der Waals surface area contributed by atoms with Crippen molar-refractivity contribution in [1.82, 2.24) is 0 Å². The van der Waals surface area contributed by atoms with Crippen molar-refractivity contribution in [2.45, 2.75) is 18.3 Å². The Balaban J connectivity index is 1.52. The molecule has 0 spiro atoms. The number of fused-ring (bicyclic) bond motifs is 2. The second kappa shape index (κ2) is 8.87. The summed E-state index contributed by atoms with van der Waals surface area (Å²) in [7, 11) is 0. The van der Waals surface area contributed by atoms with E-state index in [9.17, 15) is 0 Å². The van der Waals surface area contributed by atoms with Crippen molar-refractivity contribution >= 4 is 0 Å². The zero-order valence-electron chi connectivity index (χ0n) is 18.9. The fourth-order valence-electron chi connectivity index (χ4n) is 6.75. The van der Waals surface area contributed by atoms with E-state index in [4.69, 9.17) is 0 Å². The van der Waals surface area contributed by atoms with Crippen LogP contribution in [0, 0.1) is 23.7 Å². The molecular formula is C33H30. The molecule has 4 aromatic carbocycles. The summed E-state index contributed by atoms with van der Waals surface area (Å²) in [6.45, 7) is 0. The third-order valence-corrected chi connectivity index (χ3v) is 7.99. The largest absolute Gasteiger partial charge is 0.0848 e. The molecule has 4 atom stereocenters. The Bertz CT molecular complexity index is 1020. The molecule has 4 aromatic rings. The van der Waals surface area contributed by atoms with Crippen LogP contribution in [-0.4, -0.2) is 0 Å². The highest BCUT2D eigenvalue weighted by Crippen LogP contribution is 2.60. The SMILES string of the molecule is C1=C[C@H]2C[C@@H]1[C@@H](C(c1ccccc1)c1ccccc1)[C@H]2C(c1ccccc1)c1ccccc1. The van der Waals surface area contributed by atoms with Gasteiger partial charge < -0.3 is 0 Å². The lowest BCUT2D eigenvalue weighted by molar-refractivity contribution is 0.254. The molecule has 33 heavy (non-hydrogen) atoms. The quantitative estimate of drug-likeness (QED) is 0.273. The predicted octanol–water partition coefficient (Wildman–Crippen LogP) is 8.09. The Morgan fingerprint density at radius 3 is 0.939 bits per heavy atom. The van der Waals surface area contributed by atoms with Gasteiger partial charge in [0.15, 0.2) is 0 Å². The molecule has 0 radical (unpaired) electrons. The molecule has 0 unspecified atom stereocenters. The maximum atomic E-state index is 2.53. The monoisotopic (exact) mass is 426 g/mol. The second-order valence-corrected chi connectivity index (χ2v) is 9.70. The van der Waals surface area contributed by atoms with Crippen molar-refractivity contribution < 1.29 is 0 Å². The molecule has 2 aliphatic rings. The predicted molar refractivity (Wildman–Crippen MR) is 137 cm³/mol. The lowest BCUT2D eigenvalue weighted by atomic mass is 9.63. The number of hydrogen-bond donors (Lipinski definition) is 0. The Morgan fingerprint density at radius 2 is 0.667 bits per heavy atom. The van der Waals surface area contributed by atoms with Gasteiger partial charge in [-0.3, -0.25) is 0 Å². The van der Waals surface area contributed by atoms with Gasteiger partial charge in [0, 0.05) is 11.8 Å². The molecule has 0 heterocycles. The number of hydrogen-bond acceptors (Lipinski definition) is 0. The standard InChI is InChI=1S/C33H30/c1-5-13-24(14-6-1)30(25-15-7-2-8-16-25)32-28-21-22-29(23-28)33(32)31(26-17-9-3-10-18-26)27-19-11-4-12-20-27/h1-22,28-33H,23H2/t28-,29+,32+,33-. The molecular weight excluding hydrogens is 396 g/mol. The van der Waals surface area contributed by atoms with Crippen LogP contribution in [0.5, 0.6) is 0 Å². The van der Waals surface area contributed by atoms with Crippen LogP contribution in [-0.2, 0) is 0 Å². The van der Waals surface area contributed by atoms with E-state index < -0.39 is 0 Å². The van der Waals surface area contributed by atoms with E-state index in [1.807, 2.05) is 0 Å². The van der Waals surface area contributed by atoms with E-state index in [1.54, 1.807) is 0 Å². The van der Waals surface area contributed by atoms with E-state index in [-0.39, 0.29) is 0 Å². The van der Waals surface area contributed by atoms with E-state index in [0.29, 0.717) is 35.5 Å². The van der Waals surface area contributed by atoms with Gasteiger partial charge in [-0.15, -0.1) is 0 Å². The van der Waals surface area contributed by atoms with Gasteiger partial charge in [-0.05, 0) is 52.3 Å². The third-order valence-electron chi connectivity index (χ3n) is 7.99. The molecule has 0 aromatic heterocycles. The Hall–Kier alpha value is -3.38. The molecule has 6 rings (SSSR count). The minimum atomic E-state index is 0.396. The topological polar surface area (TPSA) is 0 Å². The van der Waals surface area contributed by atoms with Gasteiger partial charge in [-0.25, -0.2) is 0 Å². The first-order chi connectivity index (χ1) is 16.4. The molecule has 0 heteroatoms. The van der Waals surface area contributed by atoms with Crippen molar-refractivity contribution in [3.63, 3.8) is 0 Å². The van der Waals surface area contributed by atoms with Crippen LogP contribution < -0.4 is 0 Å². The molecule has 2 aliphatic carbocycles. The lowest BCUT2D eigenvalue weighted by Crippen LogP contribution is -2.32. The molecule has 1 saturated carbocycles. The van der Waals surface area contributed by atoms with Crippen LogP contribution >= 0.6 is 0 Å². The number of benzene rings is 4. The second-order valence-electron chi connectivity index (χ2n) is 9.70. The van der Waals surface area contributed by atoms with E-state index in [0.717, 1.165) is 0 Å². The molecule has 0 saturated heterocycles. The molecule has 0 amide bonds. The minimum absolute atomic E-state index is 0.396. The first-order valence-electron chi connectivity index (χ1n) is 12.3. The highest BCUT2D eigenvalue weighted by molar-refractivity contribution is 5.40. The van der Waals surface area contributed by atoms with Crippen molar-refractivity contribution in [1.29, 1.82) is 0 Å². The number of rotatable bonds is 6. The van der Waals surface area contributed by atoms with E-state index in [2.05, 4.69) is 133 Å². The fraction of sp³-hybridized carbons (Fsp3) is 0.212. The van der Waals surface area contributed by atoms with Gasteiger partial charge in [0.1, 0.15) is 0 Å². The summed E-state index contributed by atoms with van der Waals surface area (Å²) >= 11 is 0. The van der Waals surface area contributed by atoms with Gasteiger partial charge in [-0.1, -0.05) is 133 Å². The van der Waals surface area contributed by atoms with Gasteiger partial charge in [-0.2, -0.15) is 0 Å². The zero-order valence-corrected chi connectivity index (χ0v) is 18.9. The first kappa shape index (κ1) is 20.2. The molecule has 0 aliphatic heterocycles. The fourth-order valence-corrected chi connectivity index (χ4v) is 6.75. The maximum absolute atomic E-state index is 2.53. The summed E-state index contributed by atoms with van der Waals surface area (Å²) in [6.07, 6.45) is 6.33. The van der Waals surface area contributed by atoms with Gasteiger partial charge in [0.25, 0.3) is 0 Å². The normalized spacial score (nSPS) is 23.5. The number of allylic oxidation sites excluding steroid dienone is 2. The summed E-state index contributed by atoms with van der Waals surface area (Å²) in [5, 5.41) is 0. The summed E-state index contributed by atoms with van der Waals surface area (Å²) in [5.74, 6) is 3.17. The third kappa shape index (κ3) is 3.74. The van der Waals surface area contributed by atoms with Crippen molar-refractivity contribution in [2.24, 2.45) is 23.7 Å². The van der Waals surface area contributed by atoms with Crippen LogP contribution in [0.4, 0.5) is 0 Å². The van der Waals surface area contributed by atoms with Crippen LogP contribution in [0.15, 0.2) is 133 Å². The van der Waals surface area contributed by atoms with Crippen LogP contribution in [0.25, 0.3) is 0 Å². The average Bonchev–Trinajstić information content (AvgIpc) is 3.50. The highest BCUT2D eigenvalue weighted by atomic mass is 14.5. The smallest absolute Gasteiger partial charge is 0.0126 e. The Kier molecular flexibility index (Phi) is 5.44. The molecule has 0 nitrogen and oxygen atoms in total. The van der Waals surface area contributed by atoms with E-state index >= 15 is 0 Å². The minimum Gasteiger partial charge on any atom is -0.0848 e. The van der Waals surface area contributed by atoms with Crippen LogP contribution in [0.2, 0.25) is 0 Å². The van der Waals surface area contributed by atoms with Crippen molar-refractivity contribution in [3.8, 4) is 0 Å². The van der Waals surface area contributed by atoms with Gasteiger partial charge in [0.05, 0.1) is 0 Å². The van der Waals surface area contributed by atoms with Gasteiger partial charge >= 0.3 is 0 Å². The first-order valence-corrected chi connectivity index (χ1v) is 12.3. The molecule has 0 N–H and O–H groups in total. The zero-order chi connectivity index (χ0) is 22.0. The summed E-state index contributed by atoms with van der Waals surface area (Å²) in [5.41, 5.74) is 5.78. The summed E-state index contributed by atoms with van der Waals surface area (Å²) < 4.78 is 0. The Labute approximate surface area is 197 Å². The Morgan fingerprint density at radius 1 is 0.394 bits per heavy atom.